The molecule has 0 saturated heterocycles. The Bertz CT molecular complexity index is 537. The van der Waals surface area contributed by atoms with Crippen LogP contribution in [0.1, 0.15) is 5.56 Å². The van der Waals surface area contributed by atoms with Crippen LogP contribution in [0, 0.1) is 0 Å². The van der Waals surface area contributed by atoms with Crippen molar-refractivity contribution < 1.29 is 14.8 Å². The molecular formula is C12H14BN3O3. The summed E-state index contributed by atoms with van der Waals surface area (Å²) in [6.07, 6.45) is 1.32. The van der Waals surface area contributed by atoms with E-state index in [9.17, 15) is 10.0 Å². The molecule has 0 aliphatic carbocycles. The Balaban J connectivity index is 2.18. The number of rotatable bonds is 5. The van der Waals surface area contributed by atoms with Crippen molar-refractivity contribution in [3.05, 3.63) is 42.1 Å². The molecule has 2 aromatic rings. The molecule has 0 fully saturated rings. The van der Waals surface area contributed by atoms with Crippen molar-refractivity contribution in [2.24, 2.45) is 0 Å². The van der Waals surface area contributed by atoms with Gasteiger partial charge in [0.05, 0.1) is 5.46 Å². The van der Waals surface area contributed by atoms with Gasteiger partial charge in [-0.1, -0.05) is 30.3 Å². The second-order valence-corrected chi connectivity index (χ2v) is 3.85. The van der Waals surface area contributed by atoms with E-state index < -0.39 is 7.12 Å². The lowest BCUT2D eigenvalue weighted by Crippen LogP contribution is -2.33. The van der Waals surface area contributed by atoms with Gasteiger partial charge in [0.2, 0.25) is 11.8 Å². The lowest BCUT2D eigenvalue weighted by Gasteiger charge is -2.10. The Hall–Kier alpha value is -2.12. The molecule has 98 valence electrons. The topological polar surface area (TPSA) is 87.5 Å². The van der Waals surface area contributed by atoms with Gasteiger partial charge in [0, 0.05) is 13.2 Å². The molecule has 0 radical (unpaired) electrons. The van der Waals surface area contributed by atoms with Crippen molar-refractivity contribution in [1.82, 2.24) is 9.97 Å². The molecule has 3 N–H and O–H groups in total. The van der Waals surface area contributed by atoms with Gasteiger partial charge in [-0.3, -0.25) is 0 Å². The van der Waals surface area contributed by atoms with E-state index in [1.807, 2.05) is 30.3 Å². The lowest BCUT2D eigenvalue weighted by molar-refractivity contribution is 0.294. The molecule has 6 nitrogen and oxygen atoms in total. The average molecular weight is 259 g/mol. The summed E-state index contributed by atoms with van der Waals surface area (Å²) in [4.78, 5) is 7.97. The van der Waals surface area contributed by atoms with Crippen molar-refractivity contribution in [1.29, 1.82) is 0 Å². The average Bonchev–Trinajstić information content (AvgIpc) is 2.45. The zero-order chi connectivity index (χ0) is 13.7. The van der Waals surface area contributed by atoms with Gasteiger partial charge in [-0.2, -0.15) is 4.98 Å². The minimum Gasteiger partial charge on any atom is -0.473 e. The van der Waals surface area contributed by atoms with Gasteiger partial charge in [-0.25, -0.2) is 4.98 Å². The summed E-state index contributed by atoms with van der Waals surface area (Å²) in [6, 6.07) is 9.54. The molecule has 7 heteroatoms. The molecule has 0 aliphatic heterocycles. The van der Waals surface area contributed by atoms with Crippen molar-refractivity contribution in [3.8, 4) is 5.88 Å². The third kappa shape index (κ3) is 3.43. The fourth-order valence-electron chi connectivity index (χ4n) is 1.51. The van der Waals surface area contributed by atoms with E-state index in [0.717, 1.165) is 5.56 Å². The van der Waals surface area contributed by atoms with Crippen molar-refractivity contribution in [2.75, 3.05) is 12.4 Å². The van der Waals surface area contributed by atoms with E-state index in [1.165, 1.54) is 6.20 Å². The molecule has 19 heavy (non-hydrogen) atoms. The number of aromatic nitrogens is 2. The molecule has 2 rings (SSSR count). The highest BCUT2D eigenvalue weighted by atomic mass is 16.5. The third-order valence-corrected chi connectivity index (χ3v) is 2.50. The first-order valence-electron chi connectivity index (χ1n) is 5.78. The second-order valence-electron chi connectivity index (χ2n) is 3.85. The largest absolute Gasteiger partial charge is 0.495 e. The molecule has 0 spiro atoms. The van der Waals surface area contributed by atoms with Gasteiger partial charge in [-0.15, -0.1) is 0 Å². The van der Waals surface area contributed by atoms with Crippen LogP contribution in [0.25, 0.3) is 0 Å². The number of benzene rings is 1. The Kier molecular flexibility index (Phi) is 4.32. The maximum Gasteiger partial charge on any atom is 0.495 e. The Morgan fingerprint density at radius 1 is 1.26 bits per heavy atom. The standard InChI is InChI=1S/C12H14BN3O3/c1-14-12-15-7-10(13(17)18)11(16-12)19-8-9-5-3-2-4-6-9/h2-7,17-18H,8H2,1H3,(H,14,15,16). The van der Waals surface area contributed by atoms with Crippen molar-refractivity contribution in [3.63, 3.8) is 0 Å². The van der Waals surface area contributed by atoms with Crippen LogP contribution in [0.2, 0.25) is 0 Å². The molecule has 0 bridgehead atoms. The molecule has 0 amide bonds. The van der Waals surface area contributed by atoms with Crippen LogP contribution in [-0.4, -0.2) is 34.2 Å². The summed E-state index contributed by atoms with van der Waals surface area (Å²) in [5, 5.41) is 21.2. The summed E-state index contributed by atoms with van der Waals surface area (Å²) < 4.78 is 5.52. The molecule has 1 aromatic carbocycles. The Morgan fingerprint density at radius 2 is 2.00 bits per heavy atom. The van der Waals surface area contributed by atoms with Crippen LogP contribution >= 0.6 is 0 Å². The summed E-state index contributed by atoms with van der Waals surface area (Å²) >= 11 is 0. The highest BCUT2D eigenvalue weighted by Gasteiger charge is 2.20. The fraction of sp³-hybridized carbons (Fsp3) is 0.167. The molecule has 0 saturated carbocycles. The van der Waals surface area contributed by atoms with Gasteiger partial charge >= 0.3 is 7.12 Å². The van der Waals surface area contributed by atoms with Crippen LogP contribution in [0.15, 0.2) is 36.5 Å². The molecule has 1 heterocycles. The third-order valence-electron chi connectivity index (χ3n) is 2.50. The Morgan fingerprint density at radius 3 is 2.63 bits per heavy atom. The van der Waals surface area contributed by atoms with Crippen LogP contribution in [0.3, 0.4) is 0 Å². The number of hydrogen-bond donors (Lipinski definition) is 3. The zero-order valence-electron chi connectivity index (χ0n) is 10.4. The predicted octanol–water partition coefficient (Wildman–Crippen LogP) is -0.223. The van der Waals surface area contributed by atoms with E-state index in [2.05, 4.69) is 15.3 Å². The first kappa shape index (κ1) is 13.3. The summed E-state index contributed by atoms with van der Waals surface area (Å²) in [7, 11) is 0.00224. The lowest BCUT2D eigenvalue weighted by atomic mass is 9.82. The van der Waals surface area contributed by atoms with Gasteiger partial charge in [0.25, 0.3) is 0 Å². The number of nitrogens with zero attached hydrogens (tertiary/aromatic N) is 2. The van der Waals surface area contributed by atoms with Crippen LogP contribution < -0.4 is 15.5 Å². The zero-order valence-corrected chi connectivity index (χ0v) is 10.4. The highest BCUT2D eigenvalue weighted by Crippen LogP contribution is 2.09. The maximum absolute atomic E-state index is 9.24. The monoisotopic (exact) mass is 259 g/mol. The molecular weight excluding hydrogens is 245 g/mol. The molecule has 0 aliphatic rings. The fourth-order valence-corrected chi connectivity index (χ4v) is 1.51. The van der Waals surface area contributed by atoms with E-state index in [4.69, 9.17) is 4.74 Å². The van der Waals surface area contributed by atoms with Crippen LogP contribution in [0.5, 0.6) is 5.88 Å². The SMILES string of the molecule is CNc1ncc(B(O)O)c(OCc2ccccc2)n1. The first-order chi connectivity index (χ1) is 9.20. The second kappa shape index (κ2) is 6.17. The normalized spacial score (nSPS) is 10.1. The minimum absolute atomic E-state index is 0.134. The summed E-state index contributed by atoms with van der Waals surface area (Å²) in [5.41, 5.74) is 1.10. The number of hydrogen-bond acceptors (Lipinski definition) is 6. The van der Waals surface area contributed by atoms with Crippen LogP contribution in [-0.2, 0) is 6.61 Å². The molecule has 0 unspecified atom stereocenters. The molecule has 1 aromatic heterocycles. The Labute approximate surface area is 111 Å². The summed E-state index contributed by atoms with van der Waals surface area (Å²) in [5.74, 6) is 0.505. The van der Waals surface area contributed by atoms with E-state index in [0.29, 0.717) is 12.6 Å². The van der Waals surface area contributed by atoms with E-state index in [1.54, 1.807) is 7.05 Å². The first-order valence-corrected chi connectivity index (χ1v) is 5.78. The van der Waals surface area contributed by atoms with E-state index >= 15 is 0 Å². The van der Waals surface area contributed by atoms with Crippen molar-refractivity contribution in [2.45, 2.75) is 6.61 Å². The number of ether oxygens (including phenoxy) is 1. The predicted molar refractivity (Wildman–Crippen MR) is 72.2 cm³/mol. The maximum atomic E-state index is 9.24. The number of anilines is 1. The van der Waals surface area contributed by atoms with Gasteiger partial charge in [-0.05, 0) is 5.56 Å². The van der Waals surface area contributed by atoms with Gasteiger partial charge < -0.3 is 20.1 Å². The van der Waals surface area contributed by atoms with Crippen LogP contribution in [0.4, 0.5) is 5.95 Å². The van der Waals surface area contributed by atoms with Gasteiger partial charge in [0.1, 0.15) is 6.61 Å². The van der Waals surface area contributed by atoms with E-state index in [-0.39, 0.29) is 11.3 Å². The minimum atomic E-state index is -1.67. The molecule has 0 atom stereocenters. The highest BCUT2D eigenvalue weighted by molar-refractivity contribution is 6.59. The van der Waals surface area contributed by atoms with Gasteiger partial charge in [0.15, 0.2) is 0 Å². The summed E-state index contributed by atoms with van der Waals surface area (Å²) in [6.45, 7) is 0.292. The van der Waals surface area contributed by atoms with Crippen molar-refractivity contribution >= 4 is 18.5 Å². The quantitative estimate of drug-likeness (QED) is 0.643. The number of nitrogens with one attached hydrogen (secondary N) is 1. The smallest absolute Gasteiger partial charge is 0.473 e.